The van der Waals surface area contributed by atoms with Crippen molar-refractivity contribution in [2.45, 2.75) is 20.0 Å². The summed E-state index contributed by atoms with van der Waals surface area (Å²) in [5.41, 5.74) is 2.33. The molecule has 0 amide bonds. The topological polar surface area (TPSA) is 38.0 Å². The zero-order valence-corrected chi connectivity index (χ0v) is 11.6. The van der Waals surface area contributed by atoms with Crippen LogP contribution in [0.15, 0.2) is 36.5 Å². The van der Waals surface area contributed by atoms with Crippen molar-refractivity contribution < 1.29 is 18.3 Å². The Hall–Kier alpha value is -2.08. The maximum Gasteiger partial charge on any atom is 0.416 e. The van der Waals surface area contributed by atoms with Gasteiger partial charge in [0.05, 0.1) is 23.6 Å². The van der Waals surface area contributed by atoms with Gasteiger partial charge in [-0.25, -0.2) is 4.68 Å². The number of aromatic nitrogens is 2. The average Bonchev–Trinajstić information content (AvgIpc) is 2.80. The molecule has 0 bridgehead atoms. The van der Waals surface area contributed by atoms with Gasteiger partial charge in [0.2, 0.25) is 0 Å². The predicted octanol–water partition coefficient (Wildman–Crippen LogP) is 3.60. The highest BCUT2D eigenvalue weighted by Crippen LogP contribution is 2.29. The van der Waals surface area contributed by atoms with Crippen LogP contribution in [0.2, 0.25) is 0 Å². The monoisotopic (exact) mass is 296 g/mol. The number of halogens is 3. The second-order valence-electron chi connectivity index (χ2n) is 4.69. The van der Waals surface area contributed by atoms with Crippen molar-refractivity contribution in [1.82, 2.24) is 9.78 Å². The van der Waals surface area contributed by atoms with Gasteiger partial charge in [-0.2, -0.15) is 18.3 Å². The van der Waals surface area contributed by atoms with Crippen LogP contribution < -0.4 is 0 Å². The maximum absolute atomic E-state index is 12.5. The molecule has 0 aliphatic rings. The van der Waals surface area contributed by atoms with Crippen molar-refractivity contribution in [3.05, 3.63) is 53.4 Å². The van der Waals surface area contributed by atoms with Crippen molar-refractivity contribution in [1.29, 1.82) is 0 Å². The van der Waals surface area contributed by atoms with E-state index in [-0.39, 0.29) is 6.61 Å². The van der Waals surface area contributed by atoms with Crippen LogP contribution in [-0.4, -0.2) is 21.5 Å². The van der Waals surface area contributed by atoms with Gasteiger partial charge in [-0.1, -0.05) is 6.08 Å². The van der Waals surface area contributed by atoms with E-state index in [1.807, 2.05) is 13.8 Å². The number of aliphatic hydroxyl groups excluding tert-OH is 1. The lowest BCUT2D eigenvalue weighted by atomic mass is 10.1. The number of benzene rings is 1. The molecule has 1 heterocycles. The van der Waals surface area contributed by atoms with E-state index in [0.717, 1.165) is 29.0 Å². The average molecular weight is 296 g/mol. The highest BCUT2D eigenvalue weighted by molar-refractivity contribution is 5.65. The number of hydrogen-bond acceptors (Lipinski definition) is 2. The summed E-state index contributed by atoms with van der Waals surface area (Å²) in [6, 6.07) is 4.82. The highest BCUT2D eigenvalue weighted by Gasteiger charge is 2.30. The minimum absolute atomic E-state index is 0.0727. The lowest BCUT2D eigenvalue weighted by molar-refractivity contribution is -0.137. The molecule has 2 rings (SSSR count). The third kappa shape index (κ3) is 3.33. The number of alkyl halides is 3. The molecule has 1 aromatic heterocycles. The molecule has 0 radical (unpaired) electrons. The van der Waals surface area contributed by atoms with E-state index >= 15 is 0 Å². The van der Waals surface area contributed by atoms with Crippen LogP contribution in [0.4, 0.5) is 13.2 Å². The van der Waals surface area contributed by atoms with Crippen molar-refractivity contribution in [2.24, 2.45) is 0 Å². The van der Waals surface area contributed by atoms with Gasteiger partial charge in [0.1, 0.15) is 0 Å². The molecule has 1 aromatic carbocycles. The minimum Gasteiger partial charge on any atom is -0.392 e. The zero-order valence-electron chi connectivity index (χ0n) is 11.6. The van der Waals surface area contributed by atoms with Crippen molar-refractivity contribution >= 4 is 5.57 Å². The molecule has 0 aliphatic heterocycles. The fourth-order valence-corrected chi connectivity index (χ4v) is 2.03. The van der Waals surface area contributed by atoms with E-state index in [1.165, 1.54) is 16.8 Å². The normalized spacial score (nSPS) is 12.8. The first kappa shape index (κ1) is 15.3. The number of allylic oxidation sites excluding steroid dienone is 1. The van der Waals surface area contributed by atoms with Crippen LogP contribution in [0.5, 0.6) is 0 Å². The fraction of sp³-hybridized carbons (Fsp3) is 0.267. The molecule has 0 atom stereocenters. The van der Waals surface area contributed by atoms with Crippen molar-refractivity contribution in [3.63, 3.8) is 0 Å². The Kier molecular flexibility index (Phi) is 4.18. The molecule has 0 aliphatic carbocycles. The highest BCUT2D eigenvalue weighted by atomic mass is 19.4. The Labute approximate surface area is 120 Å². The maximum atomic E-state index is 12.5. The Morgan fingerprint density at radius 3 is 2.43 bits per heavy atom. The summed E-state index contributed by atoms with van der Waals surface area (Å²) < 4.78 is 39.1. The fourth-order valence-electron chi connectivity index (χ4n) is 2.03. The van der Waals surface area contributed by atoms with Crippen LogP contribution in [0.25, 0.3) is 11.3 Å². The largest absolute Gasteiger partial charge is 0.416 e. The number of aliphatic hydroxyl groups is 1. The van der Waals surface area contributed by atoms with Crippen LogP contribution in [0, 0.1) is 6.92 Å². The third-order valence-corrected chi connectivity index (χ3v) is 3.18. The lowest BCUT2D eigenvalue weighted by Gasteiger charge is -2.07. The molecule has 6 heteroatoms. The number of aryl methyl sites for hydroxylation is 1. The first-order valence-electron chi connectivity index (χ1n) is 6.35. The number of nitrogens with zero attached hydrogens (tertiary/aromatic N) is 2. The molecule has 3 nitrogen and oxygen atoms in total. The SMILES string of the molecule is C/C(=C\CO)c1cn(-c2ccc(C(F)(F)F)cc2)nc1C. The van der Waals surface area contributed by atoms with Crippen LogP contribution in [0.1, 0.15) is 23.7 Å². The van der Waals surface area contributed by atoms with Gasteiger partial charge < -0.3 is 5.11 Å². The standard InChI is InChI=1S/C15H15F3N2O/c1-10(7-8-21)14-9-20(19-11(14)2)13-5-3-12(4-6-13)15(16,17)18/h3-7,9,21H,8H2,1-2H3/b10-7+. The minimum atomic E-state index is -4.34. The molecule has 2 aromatic rings. The summed E-state index contributed by atoms with van der Waals surface area (Å²) in [5.74, 6) is 0. The number of rotatable bonds is 3. The van der Waals surface area contributed by atoms with Gasteiger partial charge in [-0.15, -0.1) is 0 Å². The third-order valence-electron chi connectivity index (χ3n) is 3.18. The zero-order chi connectivity index (χ0) is 15.6. The second kappa shape index (κ2) is 5.73. The molecular weight excluding hydrogens is 281 g/mol. The Balaban J connectivity index is 2.35. The van der Waals surface area contributed by atoms with E-state index < -0.39 is 11.7 Å². The molecule has 0 saturated heterocycles. The summed E-state index contributed by atoms with van der Waals surface area (Å²) in [7, 11) is 0. The molecule has 0 fully saturated rings. The van der Waals surface area contributed by atoms with Crippen LogP contribution >= 0.6 is 0 Å². The molecule has 1 N–H and O–H groups in total. The van der Waals surface area contributed by atoms with E-state index in [0.29, 0.717) is 5.69 Å². The summed E-state index contributed by atoms with van der Waals surface area (Å²) in [5, 5.41) is 13.2. The van der Waals surface area contributed by atoms with Gasteiger partial charge in [0, 0.05) is 11.8 Å². The van der Waals surface area contributed by atoms with Gasteiger partial charge in [0.25, 0.3) is 0 Å². The van der Waals surface area contributed by atoms with E-state index in [9.17, 15) is 13.2 Å². The van der Waals surface area contributed by atoms with Gasteiger partial charge in [-0.3, -0.25) is 0 Å². The molecular formula is C15H15F3N2O. The van der Waals surface area contributed by atoms with Gasteiger partial charge in [-0.05, 0) is 43.7 Å². The molecule has 21 heavy (non-hydrogen) atoms. The van der Waals surface area contributed by atoms with Gasteiger partial charge >= 0.3 is 6.18 Å². The van der Waals surface area contributed by atoms with Crippen molar-refractivity contribution in [2.75, 3.05) is 6.61 Å². The van der Waals surface area contributed by atoms with E-state index in [4.69, 9.17) is 5.11 Å². The first-order chi connectivity index (χ1) is 9.82. The van der Waals surface area contributed by atoms with Crippen molar-refractivity contribution in [3.8, 4) is 5.69 Å². The van der Waals surface area contributed by atoms with E-state index in [2.05, 4.69) is 5.10 Å². The van der Waals surface area contributed by atoms with E-state index in [1.54, 1.807) is 12.3 Å². The molecule has 0 saturated carbocycles. The van der Waals surface area contributed by atoms with Gasteiger partial charge in [0.15, 0.2) is 0 Å². The Morgan fingerprint density at radius 2 is 1.90 bits per heavy atom. The summed E-state index contributed by atoms with van der Waals surface area (Å²) in [6.07, 6.45) is -0.954. The molecule has 0 spiro atoms. The van der Waals surface area contributed by atoms with Crippen LogP contribution in [0.3, 0.4) is 0 Å². The Bertz CT molecular complexity index is 655. The Morgan fingerprint density at radius 1 is 1.29 bits per heavy atom. The summed E-state index contributed by atoms with van der Waals surface area (Å²) >= 11 is 0. The molecule has 0 unspecified atom stereocenters. The first-order valence-corrected chi connectivity index (χ1v) is 6.35. The lowest BCUT2D eigenvalue weighted by Crippen LogP contribution is -2.05. The summed E-state index contributed by atoms with van der Waals surface area (Å²) in [4.78, 5) is 0. The molecule has 112 valence electrons. The smallest absolute Gasteiger partial charge is 0.392 e. The second-order valence-corrected chi connectivity index (χ2v) is 4.69. The summed E-state index contributed by atoms with van der Waals surface area (Å²) in [6.45, 7) is 3.58. The quantitative estimate of drug-likeness (QED) is 0.940. The number of hydrogen-bond donors (Lipinski definition) is 1. The van der Waals surface area contributed by atoms with Crippen LogP contribution in [-0.2, 0) is 6.18 Å². The predicted molar refractivity (Wildman–Crippen MR) is 74.0 cm³/mol.